The predicted molar refractivity (Wildman–Crippen MR) is 78.3 cm³/mol. The zero-order chi connectivity index (χ0) is 14.6. The van der Waals surface area contributed by atoms with E-state index in [-0.39, 0.29) is 5.91 Å². The van der Waals surface area contributed by atoms with Crippen LogP contribution in [0, 0.1) is 0 Å². The molecule has 1 fully saturated rings. The lowest BCUT2D eigenvalue weighted by atomic mass is 10.0. The molecule has 1 atom stereocenters. The van der Waals surface area contributed by atoms with Crippen LogP contribution in [0.4, 0.5) is 5.69 Å². The number of aliphatic carboxylic acids is 1. The number of thioether (sulfide) groups is 1. The number of hydrogen-bond donors (Lipinski definition) is 2. The van der Waals surface area contributed by atoms with Crippen LogP contribution < -0.4 is 10.1 Å². The van der Waals surface area contributed by atoms with Crippen molar-refractivity contribution in [2.24, 2.45) is 0 Å². The number of para-hydroxylation sites is 2. The second-order valence-corrected chi connectivity index (χ2v) is 6.41. The Bertz CT molecular complexity index is 512. The molecule has 108 valence electrons. The zero-order valence-corrected chi connectivity index (χ0v) is 12.0. The molecule has 0 saturated carbocycles. The number of amides is 1. The second kappa shape index (κ2) is 6.17. The van der Waals surface area contributed by atoms with Gasteiger partial charge in [-0.2, -0.15) is 0 Å². The summed E-state index contributed by atoms with van der Waals surface area (Å²) in [5.74, 6) is 0.242. The number of benzene rings is 1. The molecule has 1 aliphatic heterocycles. The summed E-state index contributed by atoms with van der Waals surface area (Å²) in [6.07, 6.45) is 1.88. The number of carboxylic acid groups (broad SMARTS) is 1. The molecule has 1 aromatic rings. The van der Waals surface area contributed by atoms with Crippen LogP contribution in [0.2, 0.25) is 0 Å². The normalized spacial score (nSPS) is 21.4. The standard InChI is InChI=1S/C14H17NO4S/c1-14(7-4-8-20-14)13(18)15-10-5-2-3-6-11(10)19-9-12(16)17/h2-3,5-6H,4,7-9H2,1H3,(H,15,18)(H,16,17). The van der Waals surface area contributed by atoms with Crippen LogP contribution in [0.3, 0.4) is 0 Å². The van der Waals surface area contributed by atoms with Gasteiger partial charge in [-0.15, -0.1) is 11.8 Å². The zero-order valence-electron chi connectivity index (χ0n) is 11.2. The SMILES string of the molecule is CC1(C(=O)Nc2ccccc2OCC(=O)O)CCCS1. The van der Waals surface area contributed by atoms with Gasteiger partial charge < -0.3 is 15.2 Å². The third-order valence-corrected chi connectivity index (χ3v) is 4.70. The van der Waals surface area contributed by atoms with E-state index < -0.39 is 17.3 Å². The highest BCUT2D eigenvalue weighted by atomic mass is 32.2. The third-order valence-electron chi connectivity index (χ3n) is 3.19. The number of anilines is 1. The summed E-state index contributed by atoms with van der Waals surface area (Å²) < 4.78 is 4.76. The van der Waals surface area contributed by atoms with Gasteiger partial charge in [0, 0.05) is 0 Å². The van der Waals surface area contributed by atoms with Gasteiger partial charge in [-0.3, -0.25) is 4.79 Å². The second-order valence-electron chi connectivity index (χ2n) is 4.82. The van der Waals surface area contributed by atoms with Crippen LogP contribution in [0.5, 0.6) is 5.75 Å². The monoisotopic (exact) mass is 295 g/mol. The van der Waals surface area contributed by atoms with E-state index in [4.69, 9.17) is 9.84 Å². The van der Waals surface area contributed by atoms with Crippen LogP contribution in [-0.2, 0) is 9.59 Å². The minimum Gasteiger partial charge on any atom is -0.480 e. The highest BCUT2D eigenvalue weighted by Gasteiger charge is 2.37. The van der Waals surface area contributed by atoms with Gasteiger partial charge >= 0.3 is 5.97 Å². The van der Waals surface area contributed by atoms with Crippen molar-refractivity contribution in [1.29, 1.82) is 0 Å². The van der Waals surface area contributed by atoms with Crippen molar-refractivity contribution in [3.05, 3.63) is 24.3 Å². The van der Waals surface area contributed by atoms with Crippen LogP contribution >= 0.6 is 11.8 Å². The maximum Gasteiger partial charge on any atom is 0.341 e. The molecule has 1 saturated heterocycles. The summed E-state index contributed by atoms with van der Waals surface area (Å²) in [7, 11) is 0. The summed E-state index contributed by atoms with van der Waals surface area (Å²) in [5, 5.41) is 11.5. The Labute approximate surface area is 121 Å². The van der Waals surface area contributed by atoms with E-state index in [1.54, 1.807) is 36.0 Å². The smallest absolute Gasteiger partial charge is 0.341 e. The minimum absolute atomic E-state index is 0.0635. The Kier molecular flexibility index (Phi) is 4.54. The van der Waals surface area contributed by atoms with Crippen molar-refractivity contribution in [1.82, 2.24) is 0 Å². The molecule has 1 unspecified atom stereocenters. The number of hydrogen-bond acceptors (Lipinski definition) is 4. The lowest BCUT2D eigenvalue weighted by Gasteiger charge is -2.22. The van der Waals surface area contributed by atoms with Crippen molar-refractivity contribution in [3.63, 3.8) is 0 Å². The number of ether oxygens (including phenoxy) is 1. The summed E-state index contributed by atoms with van der Waals surface area (Å²) in [6.45, 7) is 1.50. The average Bonchev–Trinajstić information content (AvgIpc) is 2.86. The van der Waals surface area contributed by atoms with Crippen molar-refractivity contribution < 1.29 is 19.4 Å². The van der Waals surface area contributed by atoms with Gasteiger partial charge in [-0.05, 0) is 37.7 Å². The molecule has 20 heavy (non-hydrogen) atoms. The van der Waals surface area contributed by atoms with Gasteiger partial charge in [0.2, 0.25) is 5.91 Å². The van der Waals surface area contributed by atoms with E-state index in [9.17, 15) is 9.59 Å². The maximum atomic E-state index is 12.3. The molecule has 1 aliphatic rings. The van der Waals surface area contributed by atoms with Crippen molar-refractivity contribution in [2.45, 2.75) is 24.5 Å². The lowest BCUT2D eigenvalue weighted by Crippen LogP contribution is -2.34. The first kappa shape index (κ1) is 14.7. The fraction of sp³-hybridized carbons (Fsp3) is 0.429. The molecule has 5 nitrogen and oxygen atoms in total. The highest BCUT2D eigenvalue weighted by molar-refractivity contribution is 8.01. The molecule has 6 heteroatoms. The first-order valence-corrected chi connectivity index (χ1v) is 7.39. The molecule has 1 aromatic carbocycles. The number of carbonyl (C=O) groups is 2. The molecule has 1 amide bonds. The molecular formula is C14H17NO4S. The van der Waals surface area contributed by atoms with E-state index in [0.29, 0.717) is 11.4 Å². The Morgan fingerprint density at radius 1 is 1.45 bits per heavy atom. The van der Waals surface area contributed by atoms with Gasteiger partial charge in [0.25, 0.3) is 0 Å². The van der Waals surface area contributed by atoms with E-state index in [0.717, 1.165) is 18.6 Å². The van der Waals surface area contributed by atoms with Crippen molar-refractivity contribution in [3.8, 4) is 5.75 Å². The summed E-state index contributed by atoms with van der Waals surface area (Å²) >= 11 is 1.65. The maximum absolute atomic E-state index is 12.3. The molecule has 0 spiro atoms. The minimum atomic E-state index is -1.05. The van der Waals surface area contributed by atoms with Gasteiger partial charge in [-0.25, -0.2) is 4.79 Å². The van der Waals surface area contributed by atoms with E-state index in [2.05, 4.69) is 5.32 Å². The van der Waals surface area contributed by atoms with Crippen molar-refractivity contribution in [2.75, 3.05) is 17.7 Å². The average molecular weight is 295 g/mol. The Balaban J connectivity index is 2.08. The molecule has 0 aromatic heterocycles. The predicted octanol–water partition coefficient (Wildman–Crippen LogP) is 2.37. The Morgan fingerprint density at radius 3 is 2.85 bits per heavy atom. The van der Waals surface area contributed by atoms with Crippen molar-refractivity contribution >= 4 is 29.3 Å². The topological polar surface area (TPSA) is 75.6 Å². The van der Waals surface area contributed by atoms with Gasteiger partial charge in [-0.1, -0.05) is 12.1 Å². The van der Waals surface area contributed by atoms with Crippen LogP contribution in [0.1, 0.15) is 19.8 Å². The number of rotatable bonds is 5. The van der Waals surface area contributed by atoms with E-state index >= 15 is 0 Å². The molecule has 2 rings (SSSR count). The first-order chi connectivity index (χ1) is 9.51. The Morgan fingerprint density at radius 2 is 2.20 bits per heavy atom. The van der Waals surface area contributed by atoms with Crippen LogP contribution in [0.25, 0.3) is 0 Å². The lowest BCUT2D eigenvalue weighted by molar-refractivity contribution is -0.139. The molecule has 0 bridgehead atoms. The quantitative estimate of drug-likeness (QED) is 0.872. The van der Waals surface area contributed by atoms with Gasteiger partial charge in [0.15, 0.2) is 6.61 Å². The molecule has 1 heterocycles. The summed E-state index contributed by atoms with van der Waals surface area (Å²) in [5.41, 5.74) is 0.507. The van der Waals surface area contributed by atoms with Gasteiger partial charge in [0.05, 0.1) is 10.4 Å². The Hall–Kier alpha value is -1.69. The number of nitrogens with one attached hydrogen (secondary N) is 1. The number of carbonyl (C=O) groups excluding carboxylic acids is 1. The highest BCUT2D eigenvalue weighted by Crippen LogP contribution is 2.39. The molecular weight excluding hydrogens is 278 g/mol. The molecule has 2 N–H and O–H groups in total. The summed E-state index contributed by atoms with van der Waals surface area (Å²) in [6, 6.07) is 6.85. The fourth-order valence-corrected chi connectivity index (χ4v) is 3.26. The van der Waals surface area contributed by atoms with E-state index in [1.807, 2.05) is 6.92 Å². The van der Waals surface area contributed by atoms with Crippen LogP contribution in [0.15, 0.2) is 24.3 Å². The van der Waals surface area contributed by atoms with Gasteiger partial charge in [0.1, 0.15) is 5.75 Å². The third kappa shape index (κ3) is 3.45. The first-order valence-electron chi connectivity index (χ1n) is 6.40. The number of carboxylic acids is 1. The molecule has 0 aliphatic carbocycles. The van der Waals surface area contributed by atoms with E-state index in [1.165, 1.54) is 0 Å². The molecule has 0 radical (unpaired) electrons. The fourth-order valence-electron chi connectivity index (χ4n) is 2.05. The summed E-state index contributed by atoms with van der Waals surface area (Å²) in [4.78, 5) is 22.9. The largest absolute Gasteiger partial charge is 0.480 e. The van der Waals surface area contributed by atoms with Crippen LogP contribution in [-0.4, -0.2) is 34.1 Å².